The number of aryl methyl sites for hydroxylation is 1. The number of carbonyl (C=O) groups is 1. The monoisotopic (exact) mass is 449 g/mol. The number of hydrogen-bond acceptors (Lipinski definition) is 6. The van der Waals surface area contributed by atoms with Crippen LogP contribution < -0.4 is 5.32 Å². The zero-order chi connectivity index (χ0) is 24.5. The van der Waals surface area contributed by atoms with Gasteiger partial charge in [-0.25, -0.2) is 18.6 Å². The van der Waals surface area contributed by atoms with Crippen LogP contribution in [-0.4, -0.2) is 70.1 Å². The molecule has 1 fully saturated rings. The lowest BCUT2D eigenvalue weighted by Gasteiger charge is -2.36. The topological polar surface area (TPSA) is 74.2 Å². The second-order valence-electron chi connectivity index (χ2n) is 7.45. The van der Waals surface area contributed by atoms with Gasteiger partial charge in [-0.1, -0.05) is 23.5 Å². The number of rotatable bonds is 5. The molecule has 3 aromatic rings. The fourth-order valence-corrected chi connectivity index (χ4v) is 4.31. The second-order valence-corrected chi connectivity index (χ2v) is 8.63. The van der Waals surface area contributed by atoms with Gasteiger partial charge in [-0.3, -0.25) is 10.2 Å². The molecule has 0 radical (unpaired) electrons. The number of aromatic nitrogens is 3. The summed E-state index contributed by atoms with van der Waals surface area (Å²) in [5.41, 5.74) is 0.922. The Labute approximate surface area is 187 Å². The molecule has 1 aromatic carbocycles. The Morgan fingerprint density at radius 3 is 2.81 bits per heavy atom. The molecular weight excluding hydrogens is 422 g/mol. The Morgan fingerprint density at radius 2 is 2.13 bits per heavy atom. The number of hydrogen-bond donors (Lipinski definition) is 1. The number of urea groups is 1. The van der Waals surface area contributed by atoms with Crippen molar-refractivity contribution < 1.29 is 17.7 Å². The highest BCUT2D eigenvalue weighted by atomic mass is 32.1. The van der Waals surface area contributed by atoms with Crippen LogP contribution in [0.25, 0.3) is 21.3 Å². The number of alkyl halides is 2. The van der Waals surface area contributed by atoms with Crippen molar-refractivity contribution in [2.75, 3.05) is 31.9 Å². The van der Waals surface area contributed by atoms with Gasteiger partial charge in [0.15, 0.2) is 0 Å². The van der Waals surface area contributed by atoms with Crippen molar-refractivity contribution in [2.24, 2.45) is 0 Å². The number of nitrogens with zero attached hydrogens (tertiary/aromatic N) is 5. The molecule has 1 saturated heterocycles. The number of nitrogens with one attached hydrogen (secondary N) is 1. The first-order valence-electron chi connectivity index (χ1n) is 11.4. The van der Waals surface area contributed by atoms with E-state index in [0.717, 1.165) is 31.3 Å². The van der Waals surface area contributed by atoms with Crippen molar-refractivity contribution >= 4 is 34.0 Å². The molecule has 2 amide bonds. The van der Waals surface area contributed by atoms with Crippen molar-refractivity contribution in [1.29, 1.82) is 0 Å². The van der Waals surface area contributed by atoms with Gasteiger partial charge in [-0.15, -0.1) is 10.2 Å². The predicted molar refractivity (Wildman–Crippen MR) is 118 cm³/mol. The van der Waals surface area contributed by atoms with E-state index in [1.54, 1.807) is 17.2 Å². The van der Waals surface area contributed by atoms with Crippen molar-refractivity contribution in [3.05, 3.63) is 35.5 Å². The van der Waals surface area contributed by atoms with E-state index >= 15 is 0 Å². The average molecular weight is 450 g/mol. The van der Waals surface area contributed by atoms with E-state index < -0.39 is 26.0 Å². The van der Waals surface area contributed by atoms with Crippen molar-refractivity contribution in [3.63, 3.8) is 0 Å². The molecular formula is C21H24F2N6OS. The normalized spacial score (nSPS) is 17.1. The van der Waals surface area contributed by atoms with Gasteiger partial charge in [-0.05, 0) is 44.3 Å². The molecule has 3 heterocycles. The Hall–Kier alpha value is -2.72. The molecule has 10 heteroatoms. The molecule has 0 saturated carbocycles. The Bertz CT molecular complexity index is 1170. The summed E-state index contributed by atoms with van der Waals surface area (Å²) < 4.78 is 48.4. The van der Waals surface area contributed by atoms with E-state index in [1.807, 2.05) is 25.1 Å². The third kappa shape index (κ3) is 5.13. The van der Waals surface area contributed by atoms with E-state index in [0.29, 0.717) is 18.7 Å². The van der Waals surface area contributed by atoms with Crippen LogP contribution in [-0.2, 0) is 0 Å². The third-order valence-corrected chi connectivity index (χ3v) is 6.14. The van der Waals surface area contributed by atoms with Gasteiger partial charge in [0, 0.05) is 40.4 Å². The minimum absolute atomic E-state index is 0.264. The molecule has 0 unspecified atom stereocenters. The fraction of sp³-hybridized carbons (Fsp3) is 0.429. The molecule has 164 valence electrons. The van der Waals surface area contributed by atoms with Gasteiger partial charge in [0.25, 0.3) is 6.43 Å². The maximum atomic E-state index is 12.9. The summed E-state index contributed by atoms with van der Waals surface area (Å²) in [4.78, 5) is 19.5. The van der Waals surface area contributed by atoms with Gasteiger partial charge in [0.05, 0.1) is 6.54 Å². The van der Waals surface area contributed by atoms with E-state index in [-0.39, 0.29) is 19.1 Å². The van der Waals surface area contributed by atoms with Crippen LogP contribution in [0.3, 0.4) is 0 Å². The number of amides is 2. The smallest absolute Gasteiger partial charge is 0.323 e. The zero-order valence-corrected chi connectivity index (χ0v) is 17.7. The van der Waals surface area contributed by atoms with E-state index in [9.17, 15) is 13.6 Å². The first kappa shape index (κ1) is 17.9. The lowest BCUT2D eigenvalue weighted by molar-refractivity contribution is 0.0628. The fourth-order valence-electron chi connectivity index (χ4n) is 3.62. The summed E-state index contributed by atoms with van der Waals surface area (Å²) >= 11 is 1.50. The first-order valence-corrected chi connectivity index (χ1v) is 10.7. The summed E-state index contributed by atoms with van der Waals surface area (Å²) in [6.07, 6.45) is -0.467. The van der Waals surface area contributed by atoms with Crippen LogP contribution in [0.4, 0.5) is 19.4 Å². The number of carbonyl (C=O) groups excluding carboxylic acids is 1. The lowest BCUT2D eigenvalue weighted by Crippen LogP contribution is -2.47. The number of piperidine rings is 1. The zero-order valence-electron chi connectivity index (χ0n) is 19.9. The molecule has 1 aliphatic heterocycles. The molecule has 0 bridgehead atoms. The molecule has 4 rings (SSSR count). The summed E-state index contributed by atoms with van der Waals surface area (Å²) in [5, 5.41) is 14.5. The minimum atomic E-state index is -2.74. The number of anilines is 1. The van der Waals surface area contributed by atoms with Crippen LogP contribution in [0.1, 0.15) is 22.0 Å². The van der Waals surface area contributed by atoms with E-state index in [2.05, 4.69) is 20.5 Å². The number of pyridine rings is 1. The Balaban J connectivity index is 1.41. The Morgan fingerprint density at radius 1 is 1.32 bits per heavy atom. The SMILES string of the molecule is [2H]C([2H])([2H])N(CC(F)F)C1CCN(C(=O)Nc2cc3cc(-c4nnc(C)s4)ccc3cn2)CC1. The highest BCUT2D eigenvalue weighted by Crippen LogP contribution is 2.27. The van der Waals surface area contributed by atoms with Crippen molar-refractivity contribution in [2.45, 2.75) is 32.2 Å². The largest absolute Gasteiger partial charge is 0.324 e. The Kier molecular flexibility index (Phi) is 5.31. The quantitative estimate of drug-likeness (QED) is 0.630. The van der Waals surface area contributed by atoms with Gasteiger partial charge >= 0.3 is 6.03 Å². The summed E-state index contributed by atoms with van der Waals surface area (Å²) in [7, 11) is 0. The highest BCUT2D eigenvalue weighted by molar-refractivity contribution is 7.14. The molecule has 31 heavy (non-hydrogen) atoms. The maximum Gasteiger partial charge on any atom is 0.323 e. The summed E-state index contributed by atoms with van der Waals surface area (Å²) in [5.74, 6) is 0.382. The van der Waals surface area contributed by atoms with Gasteiger partial charge < -0.3 is 4.90 Å². The minimum Gasteiger partial charge on any atom is -0.324 e. The van der Waals surface area contributed by atoms with Crippen LogP contribution in [0.5, 0.6) is 0 Å². The molecule has 7 nitrogen and oxygen atoms in total. The lowest BCUT2D eigenvalue weighted by atomic mass is 10.0. The van der Waals surface area contributed by atoms with Crippen LogP contribution in [0.2, 0.25) is 0 Å². The third-order valence-electron chi connectivity index (χ3n) is 5.26. The van der Waals surface area contributed by atoms with E-state index in [1.165, 1.54) is 11.3 Å². The number of fused-ring (bicyclic) bond motifs is 1. The first-order chi connectivity index (χ1) is 16.1. The van der Waals surface area contributed by atoms with Crippen LogP contribution in [0, 0.1) is 6.92 Å². The molecule has 1 aliphatic rings. The molecule has 0 aliphatic carbocycles. The predicted octanol–water partition coefficient (Wildman–Crippen LogP) is 4.25. The molecule has 2 aromatic heterocycles. The van der Waals surface area contributed by atoms with Crippen molar-refractivity contribution in [3.8, 4) is 10.6 Å². The van der Waals surface area contributed by atoms with E-state index in [4.69, 9.17) is 4.11 Å². The van der Waals surface area contributed by atoms with Gasteiger partial charge in [-0.2, -0.15) is 0 Å². The number of benzene rings is 1. The number of halogens is 2. The summed E-state index contributed by atoms with van der Waals surface area (Å²) in [6, 6.07) is 6.72. The van der Waals surface area contributed by atoms with Crippen LogP contribution >= 0.6 is 11.3 Å². The highest BCUT2D eigenvalue weighted by Gasteiger charge is 2.26. The number of likely N-dealkylation sites (tertiary alicyclic amines) is 1. The second kappa shape index (κ2) is 9.19. The molecule has 1 N–H and O–H groups in total. The maximum absolute atomic E-state index is 12.9. The van der Waals surface area contributed by atoms with Crippen LogP contribution in [0.15, 0.2) is 30.5 Å². The standard InChI is InChI=1S/C21H24F2N6OS/c1-13-26-27-20(31-13)14-3-4-15-11-24-19(10-16(15)9-14)25-21(30)29-7-5-17(6-8-29)28(2)12-18(22)23/h3-4,9-11,17-18H,5-8,12H2,1-2H3,(H,24,25,30)/i2D3. The summed E-state index contributed by atoms with van der Waals surface area (Å²) in [6.45, 7) is -0.997. The van der Waals surface area contributed by atoms with Gasteiger partial charge in [0.2, 0.25) is 0 Å². The van der Waals surface area contributed by atoms with Crippen molar-refractivity contribution in [1.82, 2.24) is 25.0 Å². The molecule has 0 atom stereocenters. The van der Waals surface area contributed by atoms with Gasteiger partial charge in [0.1, 0.15) is 15.8 Å². The molecule has 0 spiro atoms. The average Bonchev–Trinajstić information content (AvgIpc) is 3.22.